The number of fused-ring (bicyclic) bond motifs is 1. The Hall–Kier alpha value is -3.15. The van der Waals surface area contributed by atoms with E-state index in [1.54, 1.807) is 7.11 Å². The first-order valence-corrected chi connectivity index (χ1v) is 12.1. The highest BCUT2D eigenvalue weighted by Crippen LogP contribution is 2.30. The number of H-pyrrole nitrogens is 1. The van der Waals surface area contributed by atoms with E-state index in [2.05, 4.69) is 38.2 Å². The molecule has 1 aromatic carbocycles. The number of aromatic amines is 1. The minimum absolute atomic E-state index is 0.0401. The molecule has 0 radical (unpaired) electrons. The standard InChI is InChI=1S/C24H33N7O4/c1-3-4-8-34-22-28-20(25)19-21(29-22)31(23(32)27-19)12-17-6-5-16(10-18(17)33-2)11-30-14-24(15-30)13-26-7-9-35-24/h5-6,10,26H,3-4,7-9,11-15H2,1-2H3,(H,27,32)(H2,25,28,29). The van der Waals surface area contributed by atoms with Crippen LogP contribution in [0.5, 0.6) is 11.8 Å². The average molecular weight is 484 g/mol. The van der Waals surface area contributed by atoms with Gasteiger partial charge in [-0.05, 0) is 18.1 Å². The highest BCUT2D eigenvalue weighted by molar-refractivity contribution is 5.82. The summed E-state index contributed by atoms with van der Waals surface area (Å²) in [6, 6.07) is 6.27. The summed E-state index contributed by atoms with van der Waals surface area (Å²) < 4.78 is 18.8. The van der Waals surface area contributed by atoms with Crippen molar-refractivity contribution in [2.45, 2.75) is 38.5 Å². The predicted octanol–water partition coefficient (Wildman–Crippen LogP) is 1.11. The van der Waals surface area contributed by atoms with Gasteiger partial charge in [-0.25, -0.2) is 4.79 Å². The van der Waals surface area contributed by atoms with Crippen LogP contribution in [0, 0.1) is 0 Å². The van der Waals surface area contributed by atoms with Crippen molar-refractivity contribution in [3.63, 3.8) is 0 Å². The summed E-state index contributed by atoms with van der Waals surface area (Å²) in [6.07, 6.45) is 1.87. The summed E-state index contributed by atoms with van der Waals surface area (Å²) in [5.41, 5.74) is 8.54. The Morgan fingerprint density at radius 1 is 1.26 bits per heavy atom. The topological polar surface area (TPSA) is 133 Å². The van der Waals surface area contributed by atoms with E-state index in [9.17, 15) is 4.79 Å². The van der Waals surface area contributed by atoms with E-state index in [0.717, 1.165) is 69.0 Å². The minimum atomic E-state index is -0.315. The van der Waals surface area contributed by atoms with E-state index < -0.39 is 0 Å². The number of hydrogen-bond acceptors (Lipinski definition) is 9. The second-order valence-electron chi connectivity index (χ2n) is 9.31. The molecule has 35 heavy (non-hydrogen) atoms. The van der Waals surface area contributed by atoms with Gasteiger partial charge in [0, 0.05) is 38.3 Å². The van der Waals surface area contributed by atoms with Gasteiger partial charge in [0.15, 0.2) is 11.5 Å². The van der Waals surface area contributed by atoms with Crippen LogP contribution in [-0.4, -0.2) is 76.5 Å². The second-order valence-corrected chi connectivity index (χ2v) is 9.31. The highest BCUT2D eigenvalue weighted by Gasteiger charge is 2.44. The molecular weight excluding hydrogens is 450 g/mol. The molecule has 0 aliphatic carbocycles. The van der Waals surface area contributed by atoms with E-state index >= 15 is 0 Å². The van der Waals surface area contributed by atoms with Crippen molar-refractivity contribution in [3.8, 4) is 11.8 Å². The molecule has 1 spiro atoms. The van der Waals surface area contributed by atoms with Gasteiger partial charge in [0.25, 0.3) is 0 Å². The number of aromatic nitrogens is 4. The molecule has 188 valence electrons. The molecule has 2 aromatic heterocycles. The van der Waals surface area contributed by atoms with E-state index in [0.29, 0.717) is 17.8 Å². The van der Waals surface area contributed by atoms with Crippen LogP contribution in [0.15, 0.2) is 23.0 Å². The average Bonchev–Trinajstić information content (AvgIpc) is 3.15. The first-order chi connectivity index (χ1) is 17.0. The van der Waals surface area contributed by atoms with Gasteiger partial charge < -0.3 is 30.2 Å². The molecule has 0 unspecified atom stereocenters. The van der Waals surface area contributed by atoms with Gasteiger partial charge in [0.2, 0.25) is 0 Å². The number of methoxy groups -OCH3 is 1. The maximum Gasteiger partial charge on any atom is 0.328 e. The zero-order valence-corrected chi connectivity index (χ0v) is 20.3. The Balaban J connectivity index is 1.33. The van der Waals surface area contributed by atoms with Gasteiger partial charge in [0.1, 0.15) is 16.9 Å². The van der Waals surface area contributed by atoms with Crippen LogP contribution >= 0.6 is 0 Å². The number of imidazole rings is 1. The lowest BCUT2D eigenvalue weighted by molar-refractivity contribution is -0.158. The summed E-state index contributed by atoms with van der Waals surface area (Å²) in [6.45, 7) is 8.09. The van der Waals surface area contributed by atoms with Crippen molar-refractivity contribution in [2.24, 2.45) is 0 Å². The van der Waals surface area contributed by atoms with Crippen LogP contribution in [0.1, 0.15) is 30.9 Å². The maximum absolute atomic E-state index is 12.8. The van der Waals surface area contributed by atoms with Crippen molar-refractivity contribution in [2.75, 3.05) is 52.2 Å². The smallest absolute Gasteiger partial charge is 0.328 e. The van der Waals surface area contributed by atoms with Gasteiger partial charge in [-0.1, -0.05) is 25.5 Å². The van der Waals surface area contributed by atoms with Crippen molar-refractivity contribution in [1.29, 1.82) is 0 Å². The van der Waals surface area contributed by atoms with Gasteiger partial charge in [-0.3, -0.25) is 9.47 Å². The van der Waals surface area contributed by atoms with E-state index in [1.807, 2.05) is 12.1 Å². The zero-order chi connectivity index (χ0) is 24.4. The van der Waals surface area contributed by atoms with Gasteiger partial charge in [0.05, 0.1) is 26.9 Å². The first kappa shape index (κ1) is 23.6. The largest absolute Gasteiger partial charge is 0.496 e. The summed E-state index contributed by atoms with van der Waals surface area (Å²) in [5.74, 6) is 0.903. The molecule has 2 fully saturated rings. The summed E-state index contributed by atoms with van der Waals surface area (Å²) in [4.78, 5) is 26.5. The van der Waals surface area contributed by atoms with Gasteiger partial charge >= 0.3 is 11.7 Å². The molecule has 4 heterocycles. The quantitative estimate of drug-likeness (QED) is 0.383. The predicted molar refractivity (Wildman–Crippen MR) is 132 cm³/mol. The number of benzene rings is 1. The Labute approximate surface area is 203 Å². The third-order valence-corrected chi connectivity index (χ3v) is 6.60. The van der Waals surface area contributed by atoms with Crippen LogP contribution in [0.4, 0.5) is 5.82 Å². The molecule has 0 amide bonds. The maximum atomic E-state index is 12.8. The van der Waals surface area contributed by atoms with Crippen LogP contribution in [0.3, 0.4) is 0 Å². The fourth-order valence-corrected chi connectivity index (χ4v) is 4.79. The molecular formula is C24H33N7O4. The number of nitrogens with one attached hydrogen (secondary N) is 2. The molecule has 11 heteroatoms. The molecule has 0 atom stereocenters. The van der Waals surface area contributed by atoms with Crippen molar-refractivity contribution >= 4 is 17.0 Å². The van der Waals surface area contributed by atoms with Crippen molar-refractivity contribution < 1.29 is 14.2 Å². The number of nitrogens with zero attached hydrogens (tertiary/aromatic N) is 4. The normalized spacial score (nSPS) is 17.5. The van der Waals surface area contributed by atoms with Crippen LogP contribution in [0.2, 0.25) is 0 Å². The number of anilines is 1. The summed E-state index contributed by atoms with van der Waals surface area (Å²) in [7, 11) is 1.64. The number of likely N-dealkylation sites (tertiary alicyclic amines) is 1. The minimum Gasteiger partial charge on any atom is -0.496 e. The fourth-order valence-electron chi connectivity index (χ4n) is 4.79. The van der Waals surface area contributed by atoms with Crippen LogP contribution < -0.4 is 26.2 Å². The molecule has 3 aromatic rings. The fraction of sp³-hybridized carbons (Fsp3) is 0.542. The monoisotopic (exact) mass is 483 g/mol. The third-order valence-electron chi connectivity index (χ3n) is 6.60. The lowest BCUT2D eigenvalue weighted by Crippen LogP contribution is -2.69. The van der Waals surface area contributed by atoms with Gasteiger partial charge in [-0.15, -0.1) is 0 Å². The Bertz CT molecular complexity index is 1240. The third kappa shape index (κ3) is 4.84. The molecule has 2 aliphatic heterocycles. The number of hydrogen-bond donors (Lipinski definition) is 3. The number of morpholine rings is 1. The number of nitrogen functional groups attached to an aromatic ring is 1. The Kier molecular flexibility index (Phi) is 6.63. The Morgan fingerprint density at radius 3 is 2.86 bits per heavy atom. The molecule has 0 bridgehead atoms. The molecule has 5 rings (SSSR count). The number of rotatable bonds is 9. The van der Waals surface area contributed by atoms with E-state index in [4.69, 9.17) is 19.9 Å². The molecule has 0 saturated carbocycles. The SMILES string of the molecule is CCCCOc1nc(N)c2[nH]c(=O)n(Cc3ccc(CN4CC5(CNCCO5)C4)cc3OC)c2n1. The molecule has 2 aliphatic rings. The van der Waals surface area contributed by atoms with Crippen molar-refractivity contribution in [3.05, 3.63) is 39.8 Å². The lowest BCUT2D eigenvalue weighted by atomic mass is 9.92. The van der Waals surface area contributed by atoms with Crippen LogP contribution in [-0.2, 0) is 17.8 Å². The summed E-state index contributed by atoms with van der Waals surface area (Å²) in [5, 5.41) is 3.42. The number of unbranched alkanes of at least 4 members (excludes halogenated alkanes) is 1. The second kappa shape index (κ2) is 9.84. The van der Waals surface area contributed by atoms with Crippen LogP contribution in [0.25, 0.3) is 11.2 Å². The number of nitrogens with two attached hydrogens (primary N) is 1. The Morgan fingerprint density at radius 2 is 2.11 bits per heavy atom. The van der Waals surface area contributed by atoms with Crippen molar-refractivity contribution in [1.82, 2.24) is 29.7 Å². The zero-order valence-electron chi connectivity index (χ0n) is 20.3. The van der Waals surface area contributed by atoms with E-state index in [1.165, 1.54) is 4.57 Å². The highest BCUT2D eigenvalue weighted by atomic mass is 16.5. The molecule has 11 nitrogen and oxygen atoms in total. The van der Waals surface area contributed by atoms with E-state index in [-0.39, 0.29) is 29.7 Å². The number of ether oxygens (including phenoxy) is 3. The molecule has 2 saturated heterocycles. The molecule has 4 N–H and O–H groups in total. The summed E-state index contributed by atoms with van der Waals surface area (Å²) >= 11 is 0. The lowest BCUT2D eigenvalue weighted by Gasteiger charge is -2.51. The van der Waals surface area contributed by atoms with Gasteiger partial charge in [-0.2, -0.15) is 9.97 Å². The first-order valence-electron chi connectivity index (χ1n) is 12.1.